The van der Waals surface area contributed by atoms with Gasteiger partial charge in [0.2, 0.25) is 5.91 Å². The number of amides is 1. The summed E-state index contributed by atoms with van der Waals surface area (Å²) >= 11 is 1.58. The van der Waals surface area contributed by atoms with Gasteiger partial charge in [0.1, 0.15) is 0 Å². The highest BCUT2D eigenvalue weighted by Gasteiger charge is 2.25. The molecule has 1 saturated heterocycles. The van der Waals surface area contributed by atoms with Crippen LogP contribution in [-0.2, 0) is 4.79 Å². The zero-order chi connectivity index (χ0) is 20.8. The van der Waals surface area contributed by atoms with Crippen molar-refractivity contribution in [3.63, 3.8) is 0 Å². The Labute approximate surface area is 183 Å². The highest BCUT2D eigenvalue weighted by Crippen LogP contribution is 2.25. The summed E-state index contributed by atoms with van der Waals surface area (Å²) in [5, 5.41) is 5.14. The van der Waals surface area contributed by atoms with Gasteiger partial charge in [0.05, 0.1) is 11.2 Å². The van der Waals surface area contributed by atoms with Gasteiger partial charge >= 0.3 is 0 Å². The molecule has 1 aliphatic rings. The molecule has 0 bridgehead atoms. The topological polar surface area (TPSA) is 45.2 Å². The standard InChI is InChI=1S/C25H29N3OS/c1-19(20-6-3-2-4-7-20)10-13-28-14-11-21(12-15-28)25(29)27-23-9-5-8-22(16-23)24-17-30-18-26-24/h2-9,16-19,21H,10-15H2,1H3,(H,27,29)/t19-/m0/s1. The zero-order valence-electron chi connectivity index (χ0n) is 17.5. The van der Waals surface area contributed by atoms with Crippen molar-refractivity contribution in [1.29, 1.82) is 0 Å². The summed E-state index contributed by atoms with van der Waals surface area (Å²) in [4.78, 5) is 19.6. The first kappa shape index (κ1) is 20.8. The maximum Gasteiger partial charge on any atom is 0.227 e. The fourth-order valence-electron chi connectivity index (χ4n) is 4.10. The van der Waals surface area contributed by atoms with E-state index in [1.54, 1.807) is 11.3 Å². The first-order valence-corrected chi connectivity index (χ1v) is 11.7. The molecule has 2 heterocycles. The normalized spacial score (nSPS) is 16.3. The second-order valence-electron chi connectivity index (χ2n) is 8.16. The molecule has 1 aromatic heterocycles. The molecule has 2 aromatic carbocycles. The quantitative estimate of drug-likeness (QED) is 0.538. The van der Waals surface area contributed by atoms with E-state index in [-0.39, 0.29) is 11.8 Å². The summed E-state index contributed by atoms with van der Waals surface area (Å²) in [6.45, 7) is 5.40. The third kappa shape index (κ3) is 5.35. The van der Waals surface area contributed by atoms with Crippen LogP contribution >= 0.6 is 11.3 Å². The van der Waals surface area contributed by atoms with E-state index in [1.807, 2.05) is 35.2 Å². The minimum atomic E-state index is 0.0933. The molecule has 1 N–H and O–H groups in total. The van der Waals surface area contributed by atoms with Gasteiger partial charge < -0.3 is 10.2 Å². The Morgan fingerprint density at radius 2 is 1.97 bits per heavy atom. The van der Waals surface area contributed by atoms with Crippen molar-refractivity contribution < 1.29 is 4.79 Å². The molecule has 0 spiro atoms. The van der Waals surface area contributed by atoms with Gasteiger partial charge in [-0.3, -0.25) is 4.79 Å². The van der Waals surface area contributed by atoms with Crippen LogP contribution in [0.4, 0.5) is 5.69 Å². The van der Waals surface area contributed by atoms with Gasteiger partial charge in [-0.2, -0.15) is 0 Å². The molecule has 1 atom stereocenters. The molecule has 1 fully saturated rings. The first-order valence-electron chi connectivity index (χ1n) is 10.8. The van der Waals surface area contributed by atoms with Crippen LogP contribution < -0.4 is 5.32 Å². The number of hydrogen-bond donors (Lipinski definition) is 1. The molecule has 0 radical (unpaired) electrons. The molecule has 0 aliphatic carbocycles. The van der Waals surface area contributed by atoms with Crippen LogP contribution in [0, 0.1) is 5.92 Å². The zero-order valence-corrected chi connectivity index (χ0v) is 18.3. The lowest BCUT2D eigenvalue weighted by atomic mass is 9.94. The van der Waals surface area contributed by atoms with Gasteiger partial charge in [-0.1, -0.05) is 49.4 Å². The number of piperidine rings is 1. The summed E-state index contributed by atoms with van der Waals surface area (Å²) in [6, 6.07) is 18.7. The number of rotatable bonds is 7. The van der Waals surface area contributed by atoms with E-state index in [0.717, 1.165) is 55.8 Å². The molecule has 5 heteroatoms. The number of anilines is 1. The smallest absolute Gasteiger partial charge is 0.227 e. The van der Waals surface area contributed by atoms with Crippen LogP contribution in [0.25, 0.3) is 11.3 Å². The minimum Gasteiger partial charge on any atom is -0.326 e. The van der Waals surface area contributed by atoms with Crippen molar-refractivity contribution in [3.8, 4) is 11.3 Å². The van der Waals surface area contributed by atoms with E-state index in [1.165, 1.54) is 5.56 Å². The van der Waals surface area contributed by atoms with Crippen molar-refractivity contribution in [2.24, 2.45) is 5.92 Å². The van der Waals surface area contributed by atoms with Gasteiger partial charge in [0.25, 0.3) is 0 Å². The number of benzene rings is 2. The van der Waals surface area contributed by atoms with Gasteiger partial charge in [-0.05, 0) is 62.5 Å². The molecule has 3 aromatic rings. The Balaban J connectivity index is 1.24. The minimum absolute atomic E-state index is 0.0933. The van der Waals surface area contributed by atoms with Crippen LogP contribution in [-0.4, -0.2) is 35.4 Å². The van der Waals surface area contributed by atoms with Crippen LogP contribution in [0.1, 0.15) is 37.7 Å². The molecule has 0 saturated carbocycles. The van der Waals surface area contributed by atoms with Crippen LogP contribution in [0.3, 0.4) is 0 Å². The Bertz CT molecular complexity index is 934. The monoisotopic (exact) mass is 419 g/mol. The largest absolute Gasteiger partial charge is 0.326 e. The SMILES string of the molecule is C[C@@H](CCN1CCC(C(=O)Nc2cccc(-c3cscn3)c2)CC1)c1ccccc1. The molecule has 30 heavy (non-hydrogen) atoms. The summed E-state index contributed by atoms with van der Waals surface area (Å²) < 4.78 is 0. The van der Waals surface area contributed by atoms with Gasteiger partial charge in [0, 0.05) is 22.5 Å². The van der Waals surface area contributed by atoms with Gasteiger partial charge in [-0.25, -0.2) is 4.98 Å². The fraction of sp³-hybridized carbons (Fsp3) is 0.360. The second kappa shape index (κ2) is 10.0. The highest BCUT2D eigenvalue weighted by molar-refractivity contribution is 7.07. The highest BCUT2D eigenvalue weighted by atomic mass is 32.1. The number of carbonyl (C=O) groups excluding carboxylic acids is 1. The van der Waals surface area contributed by atoms with E-state index >= 15 is 0 Å². The number of nitrogens with one attached hydrogen (secondary N) is 1. The fourth-order valence-corrected chi connectivity index (χ4v) is 4.66. The third-order valence-electron chi connectivity index (χ3n) is 6.06. The van der Waals surface area contributed by atoms with Crippen LogP contribution in [0.15, 0.2) is 65.5 Å². The van der Waals surface area contributed by atoms with E-state index in [4.69, 9.17) is 0 Å². The first-order chi connectivity index (χ1) is 14.7. The summed E-state index contributed by atoms with van der Waals surface area (Å²) in [6.07, 6.45) is 3.01. The molecule has 1 aliphatic heterocycles. The number of carbonyl (C=O) groups is 1. The van der Waals surface area contributed by atoms with Crippen molar-refractivity contribution in [3.05, 3.63) is 71.1 Å². The Morgan fingerprint density at radius 1 is 1.17 bits per heavy atom. The van der Waals surface area contributed by atoms with E-state index in [0.29, 0.717) is 5.92 Å². The molecular weight excluding hydrogens is 390 g/mol. The lowest BCUT2D eigenvalue weighted by Gasteiger charge is -2.32. The van der Waals surface area contributed by atoms with Crippen molar-refractivity contribution >= 4 is 22.9 Å². The summed E-state index contributed by atoms with van der Waals surface area (Å²) in [5.41, 5.74) is 6.08. The molecule has 156 valence electrons. The van der Waals surface area contributed by atoms with E-state index in [9.17, 15) is 4.79 Å². The molecular formula is C25H29N3OS. The molecule has 4 nitrogen and oxygen atoms in total. The van der Waals surface area contributed by atoms with Crippen LogP contribution in [0.5, 0.6) is 0 Å². The lowest BCUT2D eigenvalue weighted by molar-refractivity contribution is -0.121. The number of nitrogens with zero attached hydrogens (tertiary/aromatic N) is 2. The van der Waals surface area contributed by atoms with Crippen molar-refractivity contribution in [2.45, 2.75) is 32.1 Å². The second-order valence-corrected chi connectivity index (χ2v) is 8.88. The maximum absolute atomic E-state index is 12.8. The molecule has 1 amide bonds. The molecule has 0 unspecified atom stereocenters. The average Bonchev–Trinajstić information content (AvgIpc) is 3.34. The number of aromatic nitrogens is 1. The summed E-state index contributed by atoms with van der Waals surface area (Å²) in [5.74, 6) is 0.802. The van der Waals surface area contributed by atoms with Crippen molar-refractivity contribution in [1.82, 2.24) is 9.88 Å². The average molecular weight is 420 g/mol. The summed E-state index contributed by atoms with van der Waals surface area (Å²) in [7, 11) is 0. The van der Waals surface area contributed by atoms with Gasteiger partial charge in [-0.15, -0.1) is 11.3 Å². The van der Waals surface area contributed by atoms with E-state index in [2.05, 4.69) is 52.5 Å². The maximum atomic E-state index is 12.8. The molecule has 4 rings (SSSR count). The lowest BCUT2D eigenvalue weighted by Crippen LogP contribution is -2.38. The van der Waals surface area contributed by atoms with Crippen molar-refractivity contribution in [2.75, 3.05) is 25.0 Å². The third-order valence-corrected chi connectivity index (χ3v) is 6.65. The Hall–Kier alpha value is -2.50. The number of likely N-dealkylation sites (tertiary alicyclic amines) is 1. The van der Waals surface area contributed by atoms with Crippen LogP contribution in [0.2, 0.25) is 0 Å². The predicted molar refractivity (Wildman–Crippen MR) is 125 cm³/mol. The van der Waals surface area contributed by atoms with Gasteiger partial charge in [0.15, 0.2) is 0 Å². The number of hydrogen-bond acceptors (Lipinski definition) is 4. The Kier molecular flexibility index (Phi) is 6.92. The predicted octanol–water partition coefficient (Wildman–Crippen LogP) is 5.65. The Morgan fingerprint density at radius 3 is 2.70 bits per heavy atom. The number of thiazole rings is 1. The van der Waals surface area contributed by atoms with E-state index < -0.39 is 0 Å².